The van der Waals surface area contributed by atoms with Crippen LogP contribution in [0, 0.1) is 0 Å². The van der Waals surface area contributed by atoms with Crippen LogP contribution in [-0.4, -0.2) is 19.6 Å². The standard InChI is InChI=1S/C16H16N2O3/c1-20-12-7-10(6-11(17)8-12)16(19)18-14-9-21-15-5-3-2-4-13(14)15/h2-8,14H,9,17H2,1H3,(H,18,19). The molecule has 0 saturated heterocycles. The van der Waals surface area contributed by atoms with E-state index in [1.807, 2.05) is 24.3 Å². The molecule has 1 atom stereocenters. The van der Waals surface area contributed by atoms with Gasteiger partial charge in [0.15, 0.2) is 0 Å². The minimum atomic E-state index is -0.203. The minimum absolute atomic E-state index is 0.152. The summed E-state index contributed by atoms with van der Waals surface area (Å²) < 4.78 is 10.7. The van der Waals surface area contributed by atoms with E-state index in [0.29, 0.717) is 23.6 Å². The van der Waals surface area contributed by atoms with Gasteiger partial charge < -0.3 is 20.5 Å². The number of rotatable bonds is 3. The summed E-state index contributed by atoms with van der Waals surface area (Å²) in [4.78, 5) is 12.4. The van der Waals surface area contributed by atoms with E-state index >= 15 is 0 Å². The zero-order valence-electron chi connectivity index (χ0n) is 11.6. The number of carbonyl (C=O) groups is 1. The highest BCUT2D eigenvalue weighted by molar-refractivity contribution is 5.95. The molecule has 5 nitrogen and oxygen atoms in total. The number of carbonyl (C=O) groups excluding carboxylic acids is 1. The third-order valence-electron chi connectivity index (χ3n) is 3.43. The highest BCUT2D eigenvalue weighted by atomic mass is 16.5. The van der Waals surface area contributed by atoms with Crippen molar-refractivity contribution in [2.24, 2.45) is 0 Å². The Bertz CT molecular complexity index is 685. The second kappa shape index (κ2) is 5.36. The number of nitrogens with two attached hydrogens (primary N) is 1. The van der Waals surface area contributed by atoms with Gasteiger partial charge >= 0.3 is 0 Å². The Morgan fingerprint density at radius 1 is 1.33 bits per heavy atom. The molecule has 0 spiro atoms. The summed E-state index contributed by atoms with van der Waals surface area (Å²) in [7, 11) is 1.54. The summed E-state index contributed by atoms with van der Waals surface area (Å²) in [5.41, 5.74) is 7.72. The van der Waals surface area contributed by atoms with Crippen LogP contribution in [-0.2, 0) is 0 Å². The quantitative estimate of drug-likeness (QED) is 0.847. The summed E-state index contributed by atoms with van der Waals surface area (Å²) in [6.07, 6.45) is 0. The Morgan fingerprint density at radius 3 is 2.95 bits per heavy atom. The van der Waals surface area contributed by atoms with Crippen LogP contribution in [0.2, 0.25) is 0 Å². The van der Waals surface area contributed by atoms with E-state index in [4.69, 9.17) is 15.2 Å². The lowest BCUT2D eigenvalue weighted by Gasteiger charge is -2.13. The molecule has 1 amide bonds. The average molecular weight is 284 g/mol. The molecule has 21 heavy (non-hydrogen) atoms. The van der Waals surface area contributed by atoms with Crippen LogP contribution in [0.3, 0.4) is 0 Å². The zero-order chi connectivity index (χ0) is 14.8. The van der Waals surface area contributed by atoms with E-state index in [9.17, 15) is 4.79 Å². The monoisotopic (exact) mass is 284 g/mol. The molecule has 0 fully saturated rings. The first kappa shape index (κ1) is 13.3. The van der Waals surface area contributed by atoms with Gasteiger partial charge in [0, 0.05) is 22.9 Å². The van der Waals surface area contributed by atoms with Gasteiger partial charge in [-0.3, -0.25) is 4.79 Å². The lowest BCUT2D eigenvalue weighted by atomic mass is 10.1. The number of methoxy groups -OCH3 is 1. The maximum Gasteiger partial charge on any atom is 0.252 e. The van der Waals surface area contributed by atoms with Crippen LogP contribution in [0.15, 0.2) is 42.5 Å². The molecule has 1 aliphatic rings. The summed E-state index contributed by atoms with van der Waals surface area (Å²) in [6, 6.07) is 12.5. The Kier molecular flexibility index (Phi) is 3.39. The fourth-order valence-electron chi connectivity index (χ4n) is 2.39. The number of ether oxygens (including phenoxy) is 2. The molecule has 1 aliphatic heterocycles. The molecule has 3 rings (SSSR count). The average Bonchev–Trinajstić information content (AvgIpc) is 2.90. The highest BCUT2D eigenvalue weighted by Gasteiger charge is 2.25. The normalized spacial score (nSPS) is 16.0. The maximum atomic E-state index is 12.4. The van der Waals surface area contributed by atoms with Crippen molar-refractivity contribution in [1.82, 2.24) is 5.32 Å². The topological polar surface area (TPSA) is 73.6 Å². The van der Waals surface area contributed by atoms with Crippen molar-refractivity contribution in [2.75, 3.05) is 19.5 Å². The molecule has 108 valence electrons. The molecule has 5 heteroatoms. The van der Waals surface area contributed by atoms with Crippen molar-refractivity contribution in [3.05, 3.63) is 53.6 Å². The molecule has 3 N–H and O–H groups in total. The van der Waals surface area contributed by atoms with E-state index < -0.39 is 0 Å². The van der Waals surface area contributed by atoms with E-state index in [2.05, 4.69) is 5.32 Å². The Labute approximate surface area is 122 Å². The van der Waals surface area contributed by atoms with Crippen molar-refractivity contribution in [3.63, 3.8) is 0 Å². The van der Waals surface area contributed by atoms with Crippen molar-refractivity contribution >= 4 is 11.6 Å². The molecule has 0 bridgehead atoms. The molecule has 2 aromatic carbocycles. The molecule has 0 aliphatic carbocycles. The van der Waals surface area contributed by atoms with Crippen LogP contribution in [0.5, 0.6) is 11.5 Å². The van der Waals surface area contributed by atoms with Gasteiger partial charge in [0.2, 0.25) is 0 Å². The number of para-hydroxylation sites is 1. The molecule has 1 unspecified atom stereocenters. The lowest BCUT2D eigenvalue weighted by molar-refractivity contribution is 0.0930. The van der Waals surface area contributed by atoms with Gasteiger partial charge in [0.1, 0.15) is 18.1 Å². The van der Waals surface area contributed by atoms with Gasteiger partial charge in [0.05, 0.1) is 13.2 Å². The third-order valence-corrected chi connectivity index (χ3v) is 3.43. The second-order valence-electron chi connectivity index (χ2n) is 4.87. The van der Waals surface area contributed by atoms with E-state index in [0.717, 1.165) is 11.3 Å². The second-order valence-corrected chi connectivity index (χ2v) is 4.87. The fraction of sp³-hybridized carbons (Fsp3) is 0.188. The summed E-state index contributed by atoms with van der Waals surface area (Å²) in [6.45, 7) is 0.435. The van der Waals surface area contributed by atoms with Crippen LogP contribution in [0.1, 0.15) is 22.0 Å². The van der Waals surface area contributed by atoms with Crippen LogP contribution in [0.4, 0.5) is 5.69 Å². The van der Waals surface area contributed by atoms with E-state index in [-0.39, 0.29) is 11.9 Å². The molecule has 2 aromatic rings. The number of hydrogen-bond donors (Lipinski definition) is 2. The summed E-state index contributed by atoms with van der Waals surface area (Å²) >= 11 is 0. The van der Waals surface area contributed by atoms with Gasteiger partial charge in [-0.15, -0.1) is 0 Å². The van der Waals surface area contributed by atoms with E-state index in [1.165, 1.54) is 7.11 Å². The predicted octanol–water partition coefficient (Wildman–Crippen LogP) is 2.14. The number of nitrogen functional groups attached to an aromatic ring is 1. The summed E-state index contributed by atoms with van der Waals surface area (Å²) in [5.74, 6) is 1.17. The van der Waals surface area contributed by atoms with E-state index in [1.54, 1.807) is 18.2 Å². The van der Waals surface area contributed by atoms with Gasteiger partial charge in [-0.2, -0.15) is 0 Å². The first-order chi connectivity index (χ1) is 10.2. The predicted molar refractivity (Wildman–Crippen MR) is 79.6 cm³/mol. The number of amides is 1. The van der Waals surface area contributed by atoms with Gasteiger partial charge in [-0.25, -0.2) is 0 Å². The molecule has 0 aromatic heterocycles. The number of benzene rings is 2. The van der Waals surface area contributed by atoms with Crippen molar-refractivity contribution < 1.29 is 14.3 Å². The number of anilines is 1. The van der Waals surface area contributed by atoms with Gasteiger partial charge in [-0.1, -0.05) is 18.2 Å². The number of fused-ring (bicyclic) bond motifs is 1. The number of nitrogens with one attached hydrogen (secondary N) is 1. The van der Waals surface area contributed by atoms with Crippen LogP contribution in [0.25, 0.3) is 0 Å². The smallest absolute Gasteiger partial charge is 0.252 e. The highest BCUT2D eigenvalue weighted by Crippen LogP contribution is 2.32. The largest absolute Gasteiger partial charge is 0.497 e. The third kappa shape index (κ3) is 2.63. The van der Waals surface area contributed by atoms with Crippen molar-refractivity contribution in [1.29, 1.82) is 0 Å². The Hall–Kier alpha value is -2.69. The molecule has 0 saturated carbocycles. The maximum absolute atomic E-state index is 12.4. The fourth-order valence-corrected chi connectivity index (χ4v) is 2.39. The molecule has 1 heterocycles. The van der Waals surface area contributed by atoms with Gasteiger partial charge in [-0.05, 0) is 18.2 Å². The van der Waals surface area contributed by atoms with Crippen LogP contribution < -0.4 is 20.5 Å². The first-order valence-corrected chi connectivity index (χ1v) is 6.64. The lowest BCUT2D eigenvalue weighted by Crippen LogP contribution is -2.29. The van der Waals surface area contributed by atoms with Crippen molar-refractivity contribution in [3.8, 4) is 11.5 Å². The molecular formula is C16H16N2O3. The van der Waals surface area contributed by atoms with Gasteiger partial charge in [0.25, 0.3) is 5.91 Å². The zero-order valence-corrected chi connectivity index (χ0v) is 11.6. The SMILES string of the molecule is COc1cc(N)cc(C(=O)NC2COc3ccccc32)c1. The van der Waals surface area contributed by atoms with Crippen LogP contribution >= 0.6 is 0 Å². The first-order valence-electron chi connectivity index (χ1n) is 6.64. The molecule has 0 radical (unpaired) electrons. The Balaban J connectivity index is 1.80. The Morgan fingerprint density at radius 2 is 2.14 bits per heavy atom. The van der Waals surface area contributed by atoms with Crippen molar-refractivity contribution in [2.45, 2.75) is 6.04 Å². The molecular weight excluding hydrogens is 268 g/mol. The summed E-state index contributed by atoms with van der Waals surface area (Å²) in [5, 5.41) is 2.95. The minimum Gasteiger partial charge on any atom is -0.497 e. The number of hydrogen-bond acceptors (Lipinski definition) is 4.